The minimum absolute atomic E-state index is 0.00585. The van der Waals surface area contributed by atoms with Crippen LogP contribution in [-0.4, -0.2) is 27.6 Å². The summed E-state index contributed by atoms with van der Waals surface area (Å²) in [5.41, 5.74) is 3.39. The molecule has 0 amide bonds. The van der Waals surface area contributed by atoms with E-state index in [2.05, 4.69) is 30.9 Å². The van der Waals surface area contributed by atoms with Crippen molar-refractivity contribution < 1.29 is 4.39 Å². The number of benzene rings is 2. The Balaban J connectivity index is 1.72. The van der Waals surface area contributed by atoms with Crippen molar-refractivity contribution in [2.75, 3.05) is 17.2 Å². The van der Waals surface area contributed by atoms with Crippen LogP contribution in [0, 0.1) is 19.7 Å². The van der Waals surface area contributed by atoms with Crippen LogP contribution in [-0.2, 0) is 6.42 Å². The Kier molecular flexibility index (Phi) is 7.86. The second-order valence-corrected chi connectivity index (χ2v) is 7.59. The zero-order chi connectivity index (χ0) is 22.2. The number of aryl methyl sites for hydroxylation is 2. The summed E-state index contributed by atoms with van der Waals surface area (Å²) in [7, 11) is 0. The summed E-state index contributed by atoms with van der Waals surface area (Å²) in [6.45, 7) is 4.31. The maximum Gasteiger partial charge on any atom is 0.229 e. The van der Waals surface area contributed by atoms with Crippen molar-refractivity contribution in [3.05, 3.63) is 82.4 Å². The molecule has 0 aliphatic rings. The molecule has 0 fully saturated rings. The molecule has 0 atom stereocenters. The monoisotopic (exact) mass is 456 g/mol. The Morgan fingerprint density at radius 3 is 2.42 bits per heavy atom. The molecular formula is C22H22ClFN6S. The fourth-order valence-electron chi connectivity index (χ4n) is 2.78. The lowest BCUT2D eigenvalue weighted by Gasteiger charge is -2.14. The van der Waals surface area contributed by atoms with Crippen LogP contribution >= 0.6 is 23.8 Å². The number of thiocarbonyl (C=S) groups is 1. The third kappa shape index (κ3) is 7.27. The number of hydrogen-bond acceptors (Lipinski definition) is 4. The zero-order valence-corrected chi connectivity index (χ0v) is 18.7. The molecule has 31 heavy (non-hydrogen) atoms. The molecule has 1 aromatic heterocycles. The molecule has 3 N–H and O–H groups in total. The Morgan fingerprint density at radius 1 is 1.03 bits per heavy atom. The summed E-state index contributed by atoms with van der Waals surface area (Å²) >= 11 is 11.2. The highest BCUT2D eigenvalue weighted by Crippen LogP contribution is 2.19. The molecule has 0 bridgehead atoms. The van der Waals surface area contributed by atoms with Gasteiger partial charge < -0.3 is 10.6 Å². The second kappa shape index (κ2) is 10.8. The first-order valence-corrected chi connectivity index (χ1v) is 10.4. The predicted octanol–water partition coefficient (Wildman–Crippen LogP) is 4.88. The molecule has 160 valence electrons. The smallest absolute Gasteiger partial charge is 0.229 e. The highest BCUT2D eigenvalue weighted by Gasteiger charge is 2.08. The summed E-state index contributed by atoms with van der Waals surface area (Å²) in [5.74, 6) is 0.311. The van der Waals surface area contributed by atoms with E-state index in [-0.39, 0.29) is 10.1 Å². The standard InChI is InChI=1S/C22H22ClFN6S/c1-14-12-15(2)27-21(26-14)29-20(25-11-10-16-6-4-3-5-7-16)30-22(31)28-17-8-9-19(24)18(23)13-17/h3-9,12-13H,10-11H2,1-2H3,(H3,25,26,27,28,29,30,31). The number of guanidine groups is 1. The van der Waals surface area contributed by atoms with Gasteiger partial charge in [-0.15, -0.1) is 0 Å². The van der Waals surface area contributed by atoms with Gasteiger partial charge in [-0.05, 0) is 62.3 Å². The number of rotatable bonds is 5. The molecule has 6 nitrogen and oxygen atoms in total. The van der Waals surface area contributed by atoms with Crippen LogP contribution in [0.2, 0.25) is 5.02 Å². The molecule has 0 unspecified atom stereocenters. The number of nitrogens with one attached hydrogen (secondary N) is 3. The first-order valence-electron chi connectivity index (χ1n) is 9.60. The number of halogens is 2. The fraction of sp³-hybridized carbons (Fsp3) is 0.182. The highest BCUT2D eigenvalue weighted by molar-refractivity contribution is 7.80. The fourth-order valence-corrected chi connectivity index (χ4v) is 3.18. The third-order valence-corrected chi connectivity index (χ3v) is 4.63. The van der Waals surface area contributed by atoms with Crippen LogP contribution in [0.5, 0.6) is 0 Å². The molecule has 0 spiro atoms. The molecule has 3 rings (SSSR count). The maximum atomic E-state index is 13.4. The van der Waals surface area contributed by atoms with Gasteiger partial charge in [0.15, 0.2) is 5.11 Å². The summed E-state index contributed by atoms with van der Waals surface area (Å²) in [5, 5.41) is 9.34. The van der Waals surface area contributed by atoms with Gasteiger partial charge in [-0.2, -0.15) is 0 Å². The van der Waals surface area contributed by atoms with Gasteiger partial charge in [-0.25, -0.2) is 14.4 Å². The van der Waals surface area contributed by atoms with Gasteiger partial charge >= 0.3 is 0 Å². The summed E-state index contributed by atoms with van der Waals surface area (Å²) in [6, 6.07) is 16.2. The molecule has 0 saturated heterocycles. The van der Waals surface area contributed by atoms with E-state index in [0.717, 1.165) is 17.8 Å². The van der Waals surface area contributed by atoms with Crippen LogP contribution in [0.4, 0.5) is 16.0 Å². The normalized spacial score (nSPS) is 11.2. The van der Waals surface area contributed by atoms with Crippen molar-refractivity contribution in [3.63, 3.8) is 0 Å². The molecule has 0 saturated carbocycles. The number of aromatic nitrogens is 2. The molecule has 2 aromatic carbocycles. The van der Waals surface area contributed by atoms with Crippen LogP contribution in [0.25, 0.3) is 0 Å². The van der Waals surface area contributed by atoms with Crippen molar-refractivity contribution in [1.29, 1.82) is 0 Å². The zero-order valence-electron chi connectivity index (χ0n) is 17.1. The van der Waals surface area contributed by atoms with Crippen molar-refractivity contribution >= 4 is 46.5 Å². The van der Waals surface area contributed by atoms with E-state index < -0.39 is 5.82 Å². The Labute approximate surface area is 191 Å². The first-order chi connectivity index (χ1) is 14.9. The van der Waals surface area contributed by atoms with Gasteiger partial charge in [-0.1, -0.05) is 41.9 Å². The Hall–Kier alpha value is -3.10. The highest BCUT2D eigenvalue weighted by atomic mass is 35.5. The minimum Gasteiger partial charge on any atom is -0.332 e. The van der Waals surface area contributed by atoms with Crippen LogP contribution in [0.1, 0.15) is 17.0 Å². The van der Waals surface area contributed by atoms with Gasteiger partial charge in [0.1, 0.15) is 5.82 Å². The topological polar surface area (TPSA) is 74.2 Å². The number of anilines is 2. The van der Waals surface area contributed by atoms with E-state index in [1.54, 1.807) is 6.07 Å². The quantitative estimate of drug-likeness (QED) is 0.288. The summed E-state index contributed by atoms with van der Waals surface area (Å²) in [4.78, 5) is 13.4. The van der Waals surface area contributed by atoms with Gasteiger partial charge in [0.25, 0.3) is 0 Å². The number of aliphatic imine (C=N–C) groups is 1. The predicted molar refractivity (Wildman–Crippen MR) is 128 cm³/mol. The van der Waals surface area contributed by atoms with Gasteiger partial charge in [0.2, 0.25) is 11.9 Å². The van der Waals surface area contributed by atoms with Gasteiger partial charge in [-0.3, -0.25) is 10.3 Å². The average Bonchev–Trinajstić information content (AvgIpc) is 2.70. The van der Waals surface area contributed by atoms with E-state index in [1.807, 2.05) is 50.2 Å². The number of nitrogens with zero attached hydrogens (tertiary/aromatic N) is 3. The molecule has 9 heteroatoms. The molecule has 1 heterocycles. The molecular weight excluding hydrogens is 435 g/mol. The first kappa shape index (κ1) is 22.6. The van der Waals surface area contributed by atoms with Crippen LogP contribution < -0.4 is 16.0 Å². The van der Waals surface area contributed by atoms with E-state index >= 15 is 0 Å². The third-order valence-electron chi connectivity index (χ3n) is 4.14. The average molecular weight is 457 g/mol. The van der Waals surface area contributed by atoms with Gasteiger partial charge in [0, 0.05) is 23.6 Å². The SMILES string of the molecule is Cc1cc(C)nc(NC(=NCCc2ccccc2)NC(=S)Nc2ccc(F)c(Cl)c2)n1. The summed E-state index contributed by atoms with van der Waals surface area (Å²) < 4.78 is 13.4. The number of hydrogen-bond donors (Lipinski definition) is 3. The minimum atomic E-state index is -0.497. The lowest BCUT2D eigenvalue weighted by Crippen LogP contribution is -2.39. The molecule has 3 aromatic rings. The van der Waals surface area contributed by atoms with E-state index in [1.165, 1.54) is 17.7 Å². The van der Waals surface area contributed by atoms with Gasteiger partial charge in [0.05, 0.1) is 5.02 Å². The van der Waals surface area contributed by atoms with Crippen molar-refractivity contribution in [2.45, 2.75) is 20.3 Å². The lowest BCUT2D eigenvalue weighted by molar-refractivity contribution is 0.628. The van der Waals surface area contributed by atoms with Crippen LogP contribution in [0.15, 0.2) is 59.6 Å². The largest absolute Gasteiger partial charge is 0.332 e. The molecule has 0 aliphatic carbocycles. The van der Waals surface area contributed by atoms with Crippen molar-refractivity contribution in [1.82, 2.24) is 15.3 Å². The lowest BCUT2D eigenvalue weighted by atomic mass is 10.2. The van der Waals surface area contributed by atoms with E-state index in [0.29, 0.717) is 24.1 Å². The second-order valence-electron chi connectivity index (χ2n) is 6.77. The molecule has 0 aliphatic heterocycles. The van der Waals surface area contributed by atoms with Crippen molar-refractivity contribution in [2.24, 2.45) is 4.99 Å². The van der Waals surface area contributed by atoms with E-state index in [4.69, 9.17) is 23.8 Å². The van der Waals surface area contributed by atoms with Crippen molar-refractivity contribution in [3.8, 4) is 0 Å². The Bertz CT molecular complexity index is 1070. The Morgan fingerprint density at radius 2 is 1.74 bits per heavy atom. The maximum absolute atomic E-state index is 13.4. The summed E-state index contributed by atoms with van der Waals surface area (Å²) in [6.07, 6.45) is 0.759. The van der Waals surface area contributed by atoms with E-state index in [9.17, 15) is 4.39 Å². The van der Waals surface area contributed by atoms with Crippen LogP contribution in [0.3, 0.4) is 0 Å². The molecule has 0 radical (unpaired) electrons.